The summed E-state index contributed by atoms with van der Waals surface area (Å²) >= 11 is 1.48. The normalized spacial score (nSPS) is 10.1. The van der Waals surface area contributed by atoms with Crippen molar-refractivity contribution >= 4 is 28.8 Å². The number of hydrogen-bond acceptors (Lipinski definition) is 5. The second-order valence-corrected chi connectivity index (χ2v) is 4.02. The van der Waals surface area contributed by atoms with Crippen LogP contribution in [0.15, 0.2) is 11.4 Å². The molecule has 7 heteroatoms. The van der Waals surface area contributed by atoms with Crippen molar-refractivity contribution in [3.63, 3.8) is 0 Å². The largest absolute Gasteiger partial charge is 0.368 e. The molecule has 1 aromatic rings. The van der Waals surface area contributed by atoms with Crippen LogP contribution in [0.25, 0.3) is 0 Å². The predicted octanol–water partition coefficient (Wildman–Crippen LogP) is 0.213. The zero-order chi connectivity index (χ0) is 12.0. The summed E-state index contributed by atoms with van der Waals surface area (Å²) in [5.41, 5.74) is 8.22. The fourth-order valence-electron chi connectivity index (χ4n) is 1.02. The minimum Gasteiger partial charge on any atom is -0.368 e. The van der Waals surface area contributed by atoms with E-state index in [0.717, 1.165) is 10.6 Å². The van der Waals surface area contributed by atoms with Gasteiger partial charge < -0.3 is 11.1 Å². The summed E-state index contributed by atoms with van der Waals surface area (Å²) in [6.07, 6.45) is 0. The highest BCUT2D eigenvalue weighted by Gasteiger charge is 2.05. The van der Waals surface area contributed by atoms with Gasteiger partial charge in [-0.3, -0.25) is 14.4 Å². The zero-order valence-electron chi connectivity index (χ0n) is 8.78. The molecular weight excluding hydrogens is 230 g/mol. The maximum absolute atomic E-state index is 10.9. The topological polar surface area (TPSA) is 93.4 Å². The molecule has 0 radical (unpaired) electrons. The molecule has 4 N–H and O–H groups in total. The van der Waals surface area contributed by atoms with Crippen molar-refractivity contribution in [2.24, 2.45) is 5.73 Å². The molecule has 0 aliphatic carbocycles. The lowest BCUT2D eigenvalue weighted by Gasteiger charge is -2.05. The van der Waals surface area contributed by atoms with Gasteiger partial charge in [-0.2, -0.15) is 5.48 Å². The number of carbonyl (C=O) groups excluding carboxylic acids is 2. The van der Waals surface area contributed by atoms with E-state index in [1.807, 2.05) is 5.38 Å². The standard InChI is InChI=1S/C9H13N3O3S/c1-6(13)12-7-2-3-16-8(7)4-11-15-5-9(10)14/h2-3,11H,4-5H2,1H3,(H2,10,14)(H,12,13). The molecule has 0 fully saturated rings. The van der Waals surface area contributed by atoms with Crippen LogP contribution >= 0.6 is 11.3 Å². The molecule has 0 saturated carbocycles. The Morgan fingerprint density at radius 2 is 2.31 bits per heavy atom. The van der Waals surface area contributed by atoms with Gasteiger partial charge in [-0.1, -0.05) is 0 Å². The van der Waals surface area contributed by atoms with Crippen molar-refractivity contribution in [2.45, 2.75) is 13.5 Å². The molecule has 0 unspecified atom stereocenters. The highest BCUT2D eigenvalue weighted by atomic mass is 32.1. The molecule has 1 heterocycles. The molecule has 6 nitrogen and oxygen atoms in total. The minimum atomic E-state index is -0.541. The molecule has 0 aliphatic rings. The average molecular weight is 243 g/mol. The third-order valence-electron chi connectivity index (χ3n) is 1.61. The number of rotatable bonds is 6. The summed E-state index contributed by atoms with van der Waals surface area (Å²) in [5, 5.41) is 4.54. The third-order valence-corrected chi connectivity index (χ3v) is 2.53. The van der Waals surface area contributed by atoms with Crippen LogP contribution in [0, 0.1) is 0 Å². The van der Waals surface area contributed by atoms with E-state index >= 15 is 0 Å². The molecule has 0 bridgehead atoms. The lowest BCUT2D eigenvalue weighted by molar-refractivity contribution is -0.125. The van der Waals surface area contributed by atoms with E-state index in [0.29, 0.717) is 6.54 Å². The van der Waals surface area contributed by atoms with Gasteiger partial charge in [0.2, 0.25) is 11.8 Å². The van der Waals surface area contributed by atoms with Crippen molar-refractivity contribution < 1.29 is 14.4 Å². The number of nitrogens with two attached hydrogens (primary N) is 1. The van der Waals surface area contributed by atoms with E-state index in [1.165, 1.54) is 18.3 Å². The number of nitrogens with one attached hydrogen (secondary N) is 2. The van der Waals surface area contributed by atoms with Gasteiger partial charge in [-0.05, 0) is 11.4 Å². The first-order chi connectivity index (χ1) is 7.59. The first-order valence-electron chi connectivity index (χ1n) is 4.56. The summed E-state index contributed by atoms with van der Waals surface area (Å²) in [5.74, 6) is -0.668. The number of amides is 2. The fraction of sp³-hybridized carbons (Fsp3) is 0.333. The van der Waals surface area contributed by atoms with E-state index in [4.69, 9.17) is 10.6 Å². The SMILES string of the molecule is CC(=O)Nc1ccsc1CNOCC(N)=O. The van der Waals surface area contributed by atoms with Gasteiger partial charge in [0.25, 0.3) is 0 Å². The van der Waals surface area contributed by atoms with Crippen molar-refractivity contribution in [1.82, 2.24) is 5.48 Å². The number of hydroxylamine groups is 1. The molecule has 0 atom stereocenters. The van der Waals surface area contributed by atoms with Gasteiger partial charge in [0.1, 0.15) is 6.61 Å². The highest BCUT2D eigenvalue weighted by molar-refractivity contribution is 7.10. The Balaban J connectivity index is 2.38. The van der Waals surface area contributed by atoms with Crippen molar-refractivity contribution in [3.05, 3.63) is 16.3 Å². The van der Waals surface area contributed by atoms with E-state index in [-0.39, 0.29) is 12.5 Å². The smallest absolute Gasteiger partial charge is 0.245 e. The third kappa shape index (κ3) is 4.39. The van der Waals surface area contributed by atoms with Crippen LogP contribution in [0.4, 0.5) is 5.69 Å². The summed E-state index contributed by atoms with van der Waals surface area (Å²) in [6, 6.07) is 1.80. The van der Waals surface area contributed by atoms with Crippen LogP contribution in [0.2, 0.25) is 0 Å². The average Bonchev–Trinajstić information content (AvgIpc) is 2.59. The Labute approximate surface area is 96.7 Å². The molecule has 0 spiro atoms. The fourth-order valence-corrected chi connectivity index (χ4v) is 1.77. The van der Waals surface area contributed by atoms with Gasteiger partial charge in [0.15, 0.2) is 0 Å². The summed E-state index contributed by atoms with van der Waals surface area (Å²) in [6.45, 7) is 1.67. The molecule has 0 saturated heterocycles. The number of primary amides is 1. The first-order valence-corrected chi connectivity index (χ1v) is 5.44. The summed E-state index contributed by atoms with van der Waals surface area (Å²) in [7, 11) is 0. The van der Waals surface area contributed by atoms with Crippen LogP contribution < -0.4 is 16.5 Å². The molecule has 2 amide bonds. The summed E-state index contributed by atoms with van der Waals surface area (Å²) in [4.78, 5) is 27.0. The van der Waals surface area contributed by atoms with E-state index < -0.39 is 5.91 Å². The van der Waals surface area contributed by atoms with Crippen LogP contribution in [0.3, 0.4) is 0 Å². The van der Waals surface area contributed by atoms with Gasteiger partial charge >= 0.3 is 0 Å². The van der Waals surface area contributed by atoms with Crippen molar-refractivity contribution in [1.29, 1.82) is 0 Å². The molecule has 88 valence electrons. The Hall–Kier alpha value is -1.44. The quantitative estimate of drug-likeness (QED) is 0.492. The van der Waals surface area contributed by atoms with E-state index in [1.54, 1.807) is 6.07 Å². The van der Waals surface area contributed by atoms with Crippen LogP contribution in [0.1, 0.15) is 11.8 Å². The first kappa shape index (κ1) is 12.6. The number of hydrogen-bond donors (Lipinski definition) is 3. The van der Waals surface area contributed by atoms with Crippen molar-refractivity contribution in [3.8, 4) is 0 Å². The number of thiophene rings is 1. The van der Waals surface area contributed by atoms with Gasteiger partial charge in [-0.15, -0.1) is 11.3 Å². The maximum atomic E-state index is 10.9. The van der Waals surface area contributed by atoms with Gasteiger partial charge in [0, 0.05) is 11.8 Å². The van der Waals surface area contributed by atoms with Crippen LogP contribution in [-0.4, -0.2) is 18.4 Å². The molecular formula is C9H13N3O3S. The van der Waals surface area contributed by atoms with Gasteiger partial charge in [0.05, 0.1) is 12.2 Å². The minimum absolute atomic E-state index is 0.127. The Kier molecular flexibility index (Phi) is 4.90. The lowest BCUT2D eigenvalue weighted by atomic mass is 10.4. The Bertz CT molecular complexity index is 378. The summed E-state index contributed by atoms with van der Waals surface area (Å²) < 4.78 is 0. The maximum Gasteiger partial charge on any atom is 0.245 e. The van der Waals surface area contributed by atoms with Gasteiger partial charge in [-0.25, -0.2) is 0 Å². The van der Waals surface area contributed by atoms with E-state index in [2.05, 4.69) is 10.8 Å². The van der Waals surface area contributed by atoms with Crippen LogP contribution in [-0.2, 0) is 21.0 Å². The highest BCUT2D eigenvalue weighted by Crippen LogP contribution is 2.21. The zero-order valence-corrected chi connectivity index (χ0v) is 9.60. The van der Waals surface area contributed by atoms with Crippen LogP contribution in [0.5, 0.6) is 0 Å². The Morgan fingerprint density at radius 1 is 1.56 bits per heavy atom. The van der Waals surface area contributed by atoms with Crippen molar-refractivity contribution in [2.75, 3.05) is 11.9 Å². The second kappa shape index (κ2) is 6.21. The van der Waals surface area contributed by atoms with E-state index in [9.17, 15) is 9.59 Å². The number of anilines is 1. The molecule has 16 heavy (non-hydrogen) atoms. The predicted molar refractivity (Wildman–Crippen MR) is 60.6 cm³/mol. The lowest BCUT2D eigenvalue weighted by Crippen LogP contribution is -2.24. The molecule has 0 aromatic carbocycles. The monoisotopic (exact) mass is 243 g/mol. The Morgan fingerprint density at radius 3 is 2.94 bits per heavy atom. The molecule has 1 rings (SSSR count). The second-order valence-electron chi connectivity index (χ2n) is 3.01. The molecule has 0 aliphatic heterocycles. The number of carbonyl (C=O) groups is 2. The molecule has 1 aromatic heterocycles.